The summed E-state index contributed by atoms with van der Waals surface area (Å²) in [5.74, 6) is 6.04. The molecule has 0 unspecified atom stereocenters. The van der Waals surface area contributed by atoms with Gasteiger partial charge in [0.05, 0.1) is 0 Å². The molecule has 1 saturated carbocycles. The second kappa shape index (κ2) is 7.95. The Labute approximate surface area is 104 Å². The second-order valence-electron chi connectivity index (χ2n) is 4.49. The van der Waals surface area contributed by atoms with Crippen LogP contribution in [-0.4, -0.2) is 12.1 Å². The van der Waals surface area contributed by atoms with Crippen LogP contribution < -0.4 is 0 Å². The second-order valence-corrected chi connectivity index (χ2v) is 4.49. The molecule has 0 spiro atoms. The molecule has 94 valence electrons. The van der Waals surface area contributed by atoms with E-state index < -0.39 is 0 Å². The third-order valence-corrected chi connectivity index (χ3v) is 2.92. The van der Waals surface area contributed by atoms with Gasteiger partial charge in [-0.05, 0) is 43.8 Å². The van der Waals surface area contributed by atoms with Crippen LogP contribution in [0.1, 0.15) is 58.8 Å². The maximum atomic E-state index is 11.0. The van der Waals surface area contributed by atoms with Crippen molar-refractivity contribution in [1.82, 2.24) is 0 Å². The minimum Gasteiger partial charge on any atom is -0.458 e. The van der Waals surface area contributed by atoms with Crippen LogP contribution in [0, 0.1) is 11.8 Å². The average molecular weight is 234 g/mol. The number of allylic oxidation sites excluding steroid dienone is 1. The number of esters is 1. The van der Waals surface area contributed by atoms with Crippen molar-refractivity contribution in [3.63, 3.8) is 0 Å². The van der Waals surface area contributed by atoms with Crippen LogP contribution in [0.4, 0.5) is 0 Å². The van der Waals surface area contributed by atoms with Crippen molar-refractivity contribution in [3.8, 4) is 11.8 Å². The summed E-state index contributed by atoms with van der Waals surface area (Å²) in [4.78, 5) is 11.0. The third kappa shape index (κ3) is 5.58. The number of rotatable bonds is 3. The van der Waals surface area contributed by atoms with Crippen molar-refractivity contribution in [1.29, 1.82) is 0 Å². The molecule has 2 heteroatoms. The van der Waals surface area contributed by atoms with E-state index in [9.17, 15) is 4.79 Å². The molecule has 17 heavy (non-hydrogen) atoms. The standard InChI is InChI=1S/C15H22O2/c1-3-4-5-6-7-10-14-11-8-9-12-15(14)17-13(2)16/h10,15H,3-5,8-9,11-12H2,1-2H3/b14-10+/t15-/m1/s1. The molecule has 0 aromatic heterocycles. The lowest BCUT2D eigenvalue weighted by atomic mass is 9.91. The highest BCUT2D eigenvalue weighted by molar-refractivity contribution is 5.66. The Kier molecular flexibility index (Phi) is 6.47. The van der Waals surface area contributed by atoms with Crippen LogP contribution in [-0.2, 0) is 9.53 Å². The predicted octanol–water partition coefficient (Wildman–Crippen LogP) is 3.61. The molecule has 1 aliphatic carbocycles. The molecule has 1 fully saturated rings. The number of ether oxygens (including phenoxy) is 1. The van der Waals surface area contributed by atoms with Gasteiger partial charge in [0.15, 0.2) is 0 Å². The first kappa shape index (κ1) is 13.8. The van der Waals surface area contributed by atoms with E-state index in [0.717, 1.165) is 32.1 Å². The number of hydrogen-bond donors (Lipinski definition) is 0. The number of carbonyl (C=O) groups excluding carboxylic acids is 1. The van der Waals surface area contributed by atoms with E-state index in [0.29, 0.717) is 0 Å². The van der Waals surface area contributed by atoms with Crippen LogP contribution in [0.25, 0.3) is 0 Å². The molecule has 1 aliphatic rings. The van der Waals surface area contributed by atoms with Gasteiger partial charge in [-0.2, -0.15) is 0 Å². The molecule has 0 heterocycles. The van der Waals surface area contributed by atoms with E-state index in [-0.39, 0.29) is 12.1 Å². The third-order valence-electron chi connectivity index (χ3n) is 2.92. The lowest BCUT2D eigenvalue weighted by molar-refractivity contribution is -0.145. The van der Waals surface area contributed by atoms with E-state index >= 15 is 0 Å². The van der Waals surface area contributed by atoms with Gasteiger partial charge < -0.3 is 4.74 Å². The Morgan fingerprint density at radius 1 is 1.53 bits per heavy atom. The fraction of sp³-hybridized carbons (Fsp3) is 0.667. The van der Waals surface area contributed by atoms with Crippen molar-refractivity contribution >= 4 is 5.97 Å². The van der Waals surface area contributed by atoms with Crippen LogP contribution >= 0.6 is 0 Å². The number of carbonyl (C=O) groups is 1. The first-order valence-corrected chi connectivity index (χ1v) is 6.58. The van der Waals surface area contributed by atoms with Crippen molar-refractivity contribution in [2.75, 3.05) is 0 Å². The molecular formula is C15H22O2. The lowest BCUT2D eigenvalue weighted by Crippen LogP contribution is -2.22. The molecule has 0 bridgehead atoms. The summed E-state index contributed by atoms with van der Waals surface area (Å²) in [6, 6.07) is 0. The smallest absolute Gasteiger partial charge is 0.303 e. The maximum absolute atomic E-state index is 11.0. The van der Waals surface area contributed by atoms with Crippen LogP contribution in [0.2, 0.25) is 0 Å². The molecule has 0 radical (unpaired) electrons. The minimum absolute atomic E-state index is 0.0262. The van der Waals surface area contributed by atoms with Crippen molar-refractivity contribution in [2.45, 2.75) is 64.9 Å². The van der Waals surface area contributed by atoms with Crippen molar-refractivity contribution in [2.24, 2.45) is 0 Å². The van der Waals surface area contributed by atoms with E-state index in [4.69, 9.17) is 4.74 Å². The van der Waals surface area contributed by atoms with E-state index in [1.54, 1.807) is 0 Å². The van der Waals surface area contributed by atoms with E-state index in [1.165, 1.54) is 25.3 Å². The Morgan fingerprint density at radius 2 is 2.35 bits per heavy atom. The maximum Gasteiger partial charge on any atom is 0.303 e. The molecule has 2 nitrogen and oxygen atoms in total. The van der Waals surface area contributed by atoms with Crippen LogP contribution in [0.5, 0.6) is 0 Å². The number of hydrogen-bond acceptors (Lipinski definition) is 2. The zero-order valence-corrected chi connectivity index (χ0v) is 10.9. The zero-order valence-electron chi connectivity index (χ0n) is 10.9. The van der Waals surface area contributed by atoms with Gasteiger partial charge in [-0.3, -0.25) is 4.79 Å². The Morgan fingerprint density at radius 3 is 3.06 bits per heavy atom. The fourth-order valence-electron chi connectivity index (χ4n) is 1.99. The van der Waals surface area contributed by atoms with Gasteiger partial charge in [0.2, 0.25) is 0 Å². The number of unbranched alkanes of at least 4 members (excludes halogenated alkanes) is 2. The molecule has 0 saturated heterocycles. The van der Waals surface area contributed by atoms with Gasteiger partial charge in [0.1, 0.15) is 6.10 Å². The molecule has 1 rings (SSSR count). The van der Waals surface area contributed by atoms with E-state index in [2.05, 4.69) is 18.8 Å². The lowest BCUT2D eigenvalue weighted by Gasteiger charge is -2.24. The van der Waals surface area contributed by atoms with Gasteiger partial charge in [-0.25, -0.2) is 0 Å². The van der Waals surface area contributed by atoms with Crippen LogP contribution in [0.3, 0.4) is 0 Å². The zero-order chi connectivity index (χ0) is 12.5. The Hall–Kier alpha value is -1.23. The summed E-state index contributed by atoms with van der Waals surface area (Å²) in [5, 5.41) is 0. The summed E-state index contributed by atoms with van der Waals surface area (Å²) in [7, 11) is 0. The SMILES string of the molecule is CCCCC#C/C=C1\CCCC[C@H]1OC(C)=O. The average Bonchev–Trinajstić information content (AvgIpc) is 2.30. The van der Waals surface area contributed by atoms with Gasteiger partial charge in [-0.15, -0.1) is 0 Å². The highest BCUT2D eigenvalue weighted by Crippen LogP contribution is 2.26. The summed E-state index contributed by atoms with van der Waals surface area (Å²) in [6.45, 7) is 3.64. The molecule has 0 aliphatic heterocycles. The Balaban J connectivity index is 2.53. The molecule has 0 aromatic carbocycles. The monoisotopic (exact) mass is 234 g/mol. The van der Waals surface area contributed by atoms with Gasteiger partial charge in [0, 0.05) is 13.3 Å². The molecular weight excluding hydrogens is 212 g/mol. The van der Waals surface area contributed by atoms with E-state index in [1.807, 2.05) is 6.08 Å². The molecule has 0 aromatic rings. The molecule has 0 N–H and O–H groups in total. The highest BCUT2D eigenvalue weighted by atomic mass is 16.5. The van der Waals surface area contributed by atoms with Gasteiger partial charge >= 0.3 is 5.97 Å². The quantitative estimate of drug-likeness (QED) is 0.423. The minimum atomic E-state index is -0.193. The predicted molar refractivity (Wildman–Crippen MR) is 69.4 cm³/mol. The summed E-state index contributed by atoms with van der Waals surface area (Å²) in [5.41, 5.74) is 1.19. The fourth-order valence-corrected chi connectivity index (χ4v) is 1.99. The van der Waals surface area contributed by atoms with Crippen molar-refractivity contribution < 1.29 is 9.53 Å². The van der Waals surface area contributed by atoms with Gasteiger partial charge in [-0.1, -0.05) is 25.2 Å². The molecule has 0 amide bonds. The Bertz CT molecular complexity index is 331. The molecule has 1 atom stereocenters. The summed E-state index contributed by atoms with van der Waals surface area (Å²) in [6.07, 6.45) is 9.51. The van der Waals surface area contributed by atoms with Gasteiger partial charge in [0.25, 0.3) is 0 Å². The topological polar surface area (TPSA) is 26.3 Å². The summed E-state index contributed by atoms with van der Waals surface area (Å²) < 4.78 is 5.31. The largest absolute Gasteiger partial charge is 0.458 e. The summed E-state index contributed by atoms with van der Waals surface area (Å²) >= 11 is 0. The first-order valence-electron chi connectivity index (χ1n) is 6.58. The first-order chi connectivity index (χ1) is 8.24. The normalized spacial score (nSPS) is 21.8. The highest BCUT2D eigenvalue weighted by Gasteiger charge is 2.20. The van der Waals surface area contributed by atoms with Crippen LogP contribution in [0.15, 0.2) is 11.6 Å². The van der Waals surface area contributed by atoms with Crippen molar-refractivity contribution in [3.05, 3.63) is 11.6 Å².